The van der Waals surface area contributed by atoms with Gasteiger partial charge < -0.3 is 15.6 Å². The van der Waals surface area contributed by atoms with E-state index >= 15 is 0 Å². The Bertz CT molecular complexity index is 383. The van der Waals surface area contributed by atoms with Crippen molar-refractivity contribution in [3.8, 4) is 5.75 Å². The average Bonchev–Trinajstić information content (AvgIpc) is 2.24. The van der Waals surface area contributed by atoms with Gasteiger partial charge in [0, 0.05) is 6.42 Å². The van der Waals surface area contributed by atoms with Crippen molar-refractivity contribution in [2.45, 2.75) is 19.4 Å². The van der Waals surface area contributed by atoms with E-state index in [-0.39, 0.29) is 16.7 Å². The Morgan fingerprint density at radius 2 is 2.25 bits per heavy atom. The molecule has 1 atom stereocenters. The number of benzene rings is 1. The molecular weight excluding hydrogens is 230 g/mol. The van der Waals surface area contributed by atoms with Crippen molar-refractivity contribution in [2.24, 2.45) is 0 Å². The summed E-state index contributed by atoms with van der Waals surface area (Å²) in [6, 6.07) is 2.94. The fourth-order valence-electron chi connectivity index (χ4n) is 1.46. The maximum Gasteiger partial charge on any atom is 0.364 e. The van der Waals surface area contributed by atoms with Gasteiger partial charge in [0.15, 0.2) is 6.04 Å². The molecule has 0 bridgehead atoms. The number of methoxy groups -OCH3 is 1. The highest BCUT2D eigenvalue weighted by atomic mass is 35.5. The molecule has 0 amide bonds. The van der Waals surface area contributed by atoms with Crippen molar-refractivity contribution in [1.82, 2.24) is 0 Å². The summed E-state index contributed by atoms with van der Waals surface area (Å²) in [6.45, 7) is 1.75. The fourth-order valence-corrected chi connectivity index (χ4v) is 1.75. The van der Waals surface area contributed by atoms with Gasteiger partial charge in [0.05, 0.1) is 12.1 Å². The number of aryl methyl sites for hydroxylation is 1. The van der Waals surface area contributed by atoms with Crippen LogP contribution >= 0.6 is 11.6 Å². The molecule has 0 aliphatic heterocycles. The third kappa shape index (κ3) is 2.87. The monoisotopic (exact) mass is 244 g/mol. The molecule has 0 aliphatic rings. The average molecular weight is 245 g/mol. The number of esters is 1. The van der Waals surface area contributed by atoms with Gasteiger partial charge in [0.25, 0.3) is 0 Å². The Labute approximate surface area is 99.0 Å². The van der Waals surface area contributed by atoms with Crippen molar-refractivity contribution in [3.05, 3.63) is 28.3 Å². The number of quaternary nitrogens is 1. The molecule has 1 aromatic rings. The molecule has 1 aromatic carbocycles. The number of phenols is 1. The summed E-state index contributed by atoms with van der Waals surface area (Å²) in [5.74, 6) is -0.286. The first-order valence-corrected chi connectivity index (χ1v) is 5.22. The van der Waals surface area contributed by atoms with Gasteiger partial charge in [-0.05, 0) is 24.1 Å². The Morgan fingerprint density at radius 1 is 1.62 bits per heavy atom. The number of phenolic OH excluding ortho intramolecular Hbond substituents is 1. The van der Waals surface area contributed by atoms with Crippen LogP contribution in [0, 0.1) is 6.92 Å². The van der Waals surface area contributed by atoms with E-state index in [4.69, 9.17) is 11.6 Å². The molecule has 0 radical (unpaired) electrons. The van der Waals surface area contributed by atoms with Gasteiger partial charge >= 0.3 is 5.97 Å². The Kier molecular flexibility index (Phi) is 4.15. The summed E-state index contributed by atoms with van der Waals surface area (Å²) in [4.78, 5) is 11.2. The van der Waals surface area contributed by atoms with Gasteiger partial charge in [-0.15, -0.1) is 0 Å². The van der Waals surface area contributed by atoms with Gasteiger partial charge in [0.2, 0.25) is 0 Å². The highest BCUT2D eigenvalue weighted by Gasteiger charge is 2.19. The highest BCUT2D eigenvalue weighted by molar-refractivity contribution is 6.32. The number of carbonyl (C=O) groups excluding carboxylic acids is 1. The fraction of sp³-hybridized carbons (Fsp3) is 0.364. The topological polar surface area (TPSA) is 74.2 Å². The molecule has 0 aromatic heterocycles. The van der Waals surface area contributed by atoms with Gasteiger partial charge in [-0.3, -0.25) is 0 Å². The quantitative estimate of drug-likeness (QED) is 0.768. The van der Waals surface area contributed by atoms with Gasteiger partial charge in [-0.1, -0.05) is 17.7 Å². The van der Waals surface area contributed by atoms with Gasteiger partial charge in [-0.2, -0.15) is 0 Å². The predicted molar refractivity (Wildman–Crippen MR) is 60.2 cm³/mol. The molecule has 88 valence electrons. The van der Waals surface area contributed by atoms with E-state index in [2.05, 4.69) is 10.5 Å². The summed E-state index contributed by atoms with van der Waals surface area (Å²) in [5.41, 5.74) is 5.24. The standard InChI is InChI=1S/C11H14ClNO3/c1-6-3-7(4-8(12)10(6)14)5-9(13)11(15)16-2/h3-4,9,14H,5,13H2,1-2H3/p+1. The molecule has 5 heteroatoms. The smallest absolute Gasteiger partial charge is 0.364 e. The second-order valence-corrected chi connectivity index (χ2v) is 4.07. The van der Waals surface area contributed by atoms with E-state index in [9.17, 15) is 9.90 Å². The second kappa shape index (κ2) is 5.18. The lowest BCUT2D eigenvalue weighted by molar-refractivity contribution is -0.407. The van der Waals surface area contributed by atoms with Gasteiger partial charge in [-0.25, -0.2) is 4.79 Å². The van der Waals surface area contributed by atoms with E-state index < -0.39 is 6.04 Å². The van der Waals surface area contributed by atoms with Crippen LogP contribution in [0.15, 0.2) is 12.1 Å². The molecule has 4 nitrogen and oxygen atoms in total. The zero-order valence-corrected chi connectivity index (χ0v) is 10.0. The van der Waals surface area contributed by atoms with Crippen LogP contribution in [0.1, 0.15) is 11.1 Å². The summed E-state index contributed by atoms with van der Waals surface area (Å²) < 4.78 is 4.58. The maximum absolute atomic E-state index is 11.2. The minimum Gasteiger partial charge on any atom is -0.506 e. The summed E-state index contributed by atoms with van der Waals surface area (Å²) in [5, 5.41) is 9.77. The molecule has 1 rings (SSSR count). The van der Waals surface area contributed by atoms with Crippen LogP contribution in [0.3, 0.4) is 0 Å². The Hall–Kier alpha value is -1.26. The summed E-state index contributed by atoms with van der Waals surface area (Å²) >= 11 is 5.83. The van der Waals surface area contributed by atoms with E-state index in [1.807, 2.05) is 0 Å². The first-order chi connectivity index (χ1) is 7.45. The molecule has 0 aliphatic carbocycles. The summed E-state index contributed by atoms with van der Waals surface area (Å²) in [7, 11) is 1.33. The lowest BCUT2D eigenvalue weighted by Crippen LogP contribution is -2.66. The van der Waals surface area contributed by atoms with E-state index in [0.29, 0.717) is 12.0 Å². The number of aromatic hydroxyl groups is 1. The molecule has 0 spiro atoms. The normalized spacial score (nSPS) is 12.2. The van der Waals surface area contributed by atoms with Crippen LogP contribution in [-0.4, -0.2) is 24.2 Å². The van der Waals surface area contributed by atoms with Crippen LogP contribution < -0.4 is 5.73 Å². The largest absolute Gasteiger partial charge is 0.506 e. The van der Waals surface area contributed by atoms with Crippen LogP contribution in [0.25, 0.3) is 0 Å². The minimum atomic E-state index is -0.468. The predicted octanol–water partition coefficient (Wildman–Crippen LogP) is 0.680. The zero-order valence-electron chi connectivity index (χ0n) is 9.29. The summed E-state index contributed by atoms with van der Waals surface area (Å²) in [6.07, 6.45) is 0.438. The Morgan fingerprint density at radius 3 is 2.75 bits per heavy atom. The third-order valence-electron chi connectivity index (χ3n) is 2.33. The number of carbonyl (C=O) groups is 1. The van der Waals surface area contributed by atoms with E-state index in [1.165, 1.54) is 7.11 Å². The van der Waals surface area contributed by atoms with Crippen LogP contribution in [0.5, 0.6) is 5.75 Å². The van der Waals surface area contributed by atoms with Crippen LogP contribution in [0.4, 0.5) is 0 Å². The van der Waals surface area contributed by atoms with Crippen molar-refractivity contribution in [3.63, 3.8) is 0 Å². The molecule has 4 N–H and O–H groups in total. The Balaban J connectivity index is 2.86. The van der Waals surface area contributed by atoms with Crippen LogP contribution in [0.2, 0.25) is 5.02 Å². The zero-order chi connectivity index (χ0) is 12.3. The molecule has 0 saturated heterocycles. The number of rotatable bonds is 3. The van der Waals surface area contributed by atoms with Gasteiger partial charge in [0.1, 0.15) is 5.75 Å². The van der Waals surface area contributed by atoms with Crippen molar-refractivity contribution >= 4 is 17.6 Å². The van der Waals surface area contributed by atoms with Crippen molar-refractivity contribution < 1.29 is 20.4 Å². The molecule has 16 heavy (non-hydrogen) atoms. The molecule has 0 fully saturated rings. The third-order valence-corrected chi connectivity index (χ3v) is 2.62. The second-order valence-electron chi connectivity index (χ2n) is 3.67. The molecule has 0 saturated carbocycles. The number of hydrogen-bond donors (Lipinski definition) is 2. The lowest BCUT2D eigenvalue weighted by atomic mass is 10.0. The van der Waals surface area contributed by atoms with E-state index in [0.717, 1.165) is 5.56 Å². The van der Waals surface area contributed by atoms with Crippen molar-refractivity contribution in [1.29, 1.82) is 0 Å². The maximum atomic E-state index is 11.2. The van der Waals surface area contributed by atoms with Crippen LogP contribution in [-0.2, 0) is 16.0 Å². The molecule has 1 unspecified atom stereocenters. The number of ether oxygens (including phenoxy) is 1. The van der Waals surface area contributed by atoms with E-state index in [1.54, 1.807) is 19.1 Å². The number of hydrogen-bond acceptors (Lipinski definition) is 3. The molecule has 0 heterocycles. The SMILES string of the molecule is COC(=O)C([NH3+])Cc1cc(C)c(O)c(Cl)c1. The molecular formula is C11H15ClNO3+. The lowest BCUT2D eigenvalue weighted by Gasteiger charge is -2.09. The first-order valence-electron chi connectivity index (χ1n) is 4.84. The number of halogens is 1. The minimum absolute atomic E-state index is 0.0732. The van der Waals surface area contributed by atoms with Crippen molar-refractivity contribution in [2.75, 3.05) is 7.11 Å². The highest BCUT2D eigenvalue weighted by Crippen LogP contribution is 2.28. The first kappa shape index (κ1) is 12.8.